The maximum Gasteiger partial charge on any atom is 0.412 e. The number of nitrogens with zero attached hydrogens (tertiary/aromatic N) is 2. The molecular weight excluding hydrogens is 436 g/mol. The first kappa shape index (κ1) is 24.4. The highest BCUT2D eigenvalue weighted by Crippen LogP contribution is 2.19. The summed E-state index contributed by atoms with van der Waals surface area (Å²) >= 11 is 0. The van der Waals surface area contributed by atoms with Crippen LogP contribution < -0.4 is 10.6 Å². The molecule has 2 aromatic heterocycles. The summed E-state index contributed by atoms with van der Waals surface area (Å²) in [5.41, 5.74) is 2.19. The zero-order chi connectivity index (χ0) is 24.7. The molecule has 2 heterocycles. The van der Waals surface area contributed by atoms with Crippen molar-refractivity contribution < 1.29 is 23.9 Å². The summed E-state index contributed by atoms with van der Waals surface area (Å²) < 4.78 is 10.0. The van der Waals surface area contributed by atoms with Gasteiger partial charge in [0.25, 0.3) is 5.91 Å². The highest BCUT2D eigenvalue weighted by Gasteiger charge is 2.17. The molecule has 0 saturated heterocycles. The Bertz CT molecular complexity index is 1200. The average molecular weight is 463 g/mol. The minimum Gasteiger partial charge on any atom is -0.465 e. The number of carbonyl (C=O) groups excluding carboxylic acids is 3. The summed E-state index contributed by atoms with van der Waals surface area (Å²) in [6.07, 6.45) is 2.39. The van der Waals surface area contributed by atoms with Crippen molar-refractivity contribution in [1.82, 2.24) is 15.3 Å². The predicted octanol–water partition coefficient (Wildman–Crippen LogP) is 4.21. The number of rotatable bonds is 6. The van der Waals surface area contributed by atoms with Gasteiger partial charge in [-0.15, -0.1) is 0 Å². The molecule has 0 saturated carbocycles. The van der Waals surface area contributed by atoms with Gasteiger partial charge in [0.15, 0.2) is 0 Å². The number of pyridine rings is 2. The Morgan fingerprint density at radius 1 is 0.912 bits per heavy atom. The fourth-order valence-corrected chi connectivity index (χ4v) is 3.01. The molecule has 2 amide bonds. The van der Waals surface area contributed by atoms with Crippen molar-refractivity contribution in [1.29, 1.82) is 0 Å². The monoisotopic (exact) mass is 462 g/mol. The van der Waals surface area contributed by atoms with E-state index in [1.54, 1.807) is 57.2 Å². The highest BCUT2D eigenvalue weighted by atomic mass is 16.6. The molecule has 0 atom stereocenters. The van der Waals surface area contributed by atoms with Crippen molar-refractivity contribution >= 4 is 23.7 Å². The zero-order valence-corrected chi connectivity index (χ0v) is 19.4. The van der Waals surface area contributed by atoms with Crippen LogP contribution in [-0.2, 0) is 16.0 Å². The summed E-state index contributed by atoms with van der Waals surface area (Å²) in [7, 11) is 1.30. The molecule has 3 aromatic rings. The molecule has 0 bridgehead atoms. The molecule has 0 radical (unpaired) electrons. The van der Waals surface area contributed by atoms with Gasteiger partial charge in [0.2, 0.25) is 0 Å². The number of amides is 2. The number of esters is 1. The van der Waals surface area contributed by atoms with Crippen molar-refractivity contribution in [3.63, 3.8) is 0 Å². The predicted molar refractivity (Wildman–Crippen MR) is 126 cm³/mol. The summed E-state index contributed by atoms with van der Waals surface area (Å²) in [6, 6.07) is 13.4. The molecule has 0 unspecified atom stereocenters. The van der Waals surface area contributed by atoms with Crippen LogP contribution in [0.25, 0.3) is 11.4 Å². The van der Waals surface area contributed by atoms with Gasteiger partial charge in [0.05, 0.1) is 24.1 Å². The van der Waals surface area contributed by atoms with Crippen LogP contribution in [0.2, 0.25) is 0 Å². The minimum absolute atomic E-state index is 0.179. The number of aromatic nitrogens is 2. The van der Waals surface area contributed by atoms with Crippen molar-refractivity contribution in [2.45, 2.75) is 32.9 Å². The van der Waals surface area contributed by atoms with Crippen molar-refractivity contribution in [2.24, 2.45) is 0 Å². The molecule has 2 N–H and O–H groups in total. The highest BCUT2D eigenvalue weighted by molar-refractivity contribution is 5.95. The Kier molecular flexibility index (Phi) is 7.57. The van der Waals surface area contributed by atoms with Gasteiger partial charge in [-0.25, -0.2) is 9.59 Å². The third-order valence-electron chi connectivity index (χ3n) is 4.56. The topological polar surface area (TPSA) is 120 Å². The quantitative estimate of drug-likeness (QED) is 0.527. The molecule has 3 rings (SSSR count). The second kappa shape index (κ2) is 10.6. The molecule has 0 fully saturated rings. The lowest BCUT2D eigenvalue weighted by atomic mass is 10.1. The Hall–Kier alpha value is -4.27. The third kappa shape index (κ3) is 6.61. The van der Waals surface area contributed by atoms with E-state index < -0.39 is 17.7 Å². The van der Waals surface area contributed by atoms with Crippen molar-refractivity contribution in [3.05, 3.63) is 77.6 Å². The molecule has 1 aromatic carbocycles. The molecular formula is C25H26N4O5. The van der Waals surface area contributed by atoms with E-state index in [1.807, 2.05) is 6.07 Å². The van der Waals surface area contributed by atoms with Crippen LogP contribution in [0.5, 0.6) is 0 Å². The first-order chi connectivity index (χ1) is 16.2. The first-order valence-electron chi connectivity index (χ1n) is 10.5. The number of hydrogen-bond acceptors (Lipinski definition) is 7. The lowest BCUT2D eigenvalue weighted by molar-refractivity contribution is 0.0598. The smallest absolute Gasteiger partial charge is 0.412 e. The number of ether oxygens (including phenoxy) is 2. The normalized spacial score (nSPS) is 10.8. The van der Waals surface area contributed by atoms with Gasteiger partial charge in [-0.2, -0.15) is 0 Å². The van der Waals surface area contributed by atoms with E-state index in [2.05, 4.69) is 20.6 Å². The second-order valence-electron chi connectivity index (χ2n) is 8.32. The number of hydrogen-bond donors (Lipinski definition) is 2. The van der Waals surface area contributed by atoms with Crippen molar-refractivity contribution in [3.8, 4) is 11.4 Å². The Morgan fingerprint density at radius 2 is 1.53 bits per heavy atom. The largest absolute Gasteiger partial charge is 0.465 e. The van der Waals surface area contributed by atoms with Crippen LogP contribution in [0.4, 0.5) is 10.5 Å². The summed E-state index contributed by atoms with van der Waals surface area (Å²) in [5.74, 6) is -0.823. The van der Waals surface area contributed by atoms with Crippen LogP contribution in [-0.4, -0.2) is 40.6 Å². The van der Waals surface area contributed by atoms with Crippen LogP contribution >= 0.6 is 0 Å². The lowest BCUT2D eigenvalue weighted by Crippen LogP contribution is -2.28. The number of anilines is 1. The SMILES string of the molecule is COC(=O)c1ccnc(-c2cc(C(=O)NCc3ccccc3NC(=O)OC(C)(C)C)ccn2)c1. The van der Waals surface area contributed by atoms with E-state index in [0.717, 1.165) is 0 Å². The summed E-state index contributed by atoms with van der Waals surface area (Å²) in [6.45, 7) is 5.52. The number of benzene rings is 1. The molecule has 0 aliphatic carbocycles. The van der Waals surface area contributed by atoms with Gasteiger partial charge in [-0.1, -0.05) is 18.2 Å². The number of carbonyl (C=O) groups is 3. The molecule has 0 aliphatic heterocycles. The molecule has 0 aliphatic rings. The van der Waals surface area contributed by atoms with E-state index in [1.165, 1.54) is 25.6 Å². The fourth-order valence-electron chi connectivity index (χ4n) is 3.01. The number of nitrogens with one attached hydrogen (secondary N) is 2. The first-order valence-corrected chi connectivity index (χ1v) is 10.5. The van der Waals surface area contributed by atoms with E-state index >= 15 is 0 Å². The van der Waals surface area contributed by atoms with E-state index in [-0.39, 0.29) is 12.5 Å². The van der Waals surface area contributed by atoms with Gasteiger partial charge in [-0.3, -0.25) is 20.1 Å². The Labute approximate surface area is 197 Å². The number of methoxy groups -OCH3 is 1. The number of para-hydroxylation sites is 1. The van der Waals surface area contributed by atoms with Gasteiger partial charge < -0.3 is 14.8 Å². The van der Waals surface area contributed by atoms with E-state index in [9.17, 15) is 14.4 Å². The zero-order valence-electron chi connectivity index (χ0n) is 19.4. The lowest BCUT2D eigenvalue weighted by Gasteiger charge is -2.20. The van der Waals surface area contributed by atoms with Crippen LogP contribution in [0.3, 0.4) is 0 Å². The summed E-state index contributed by atoms with van der Waals surface area (Å²) in [5, 5.41) is 5.55. The third-order valence-corrected chi connectivity index (χ3v) is 4.56. The van der Waals surface area contributed by atoms with Crippen LogP contribution in [0, 0.1) is 0 Å². The van der Waals surface area contributed by atoms with E-state index in [4.69, 9.17) is 9.47 Å². The summed E-state index contributed by atoms with van der Waals surface area (Å²) in [4.78, 5) is 45.2. The fraction of sp³-hybridized carbons (Fsp3) is 0.240. The molecule has 0 spiro atoms. The molecule has 9 nitrogen and oxygen atoms in total. The maximum atomic E-state index is 12.8. The average Bonchev–Trinajstić information content (AvgIpc) is 2.81. The van der Waals surface area contributed by atoms with Crippen molar-refractivity contribution in [2.75, 3.05) is 12.4 Å². The van der Waals surface area contributed by atoms with Gasteiger partial charge in [0.1, 0.15) is 5.60 Å². The van der Waals surface area contributed by atoms with Gasteiger partial charge in [0, 0.05) is 30.2 Å². The Balaban J connectivity index is 1.71. The van der Waals surface area contributed by atoms with Crippen LogP contribution in [0.1, 0.15) is 47.1 Å². The Morgan fingerprint density at radius 3 is 2.18 bits per heavy atom. The van der Waals surface area contributed by atoms with Gasteiger partial charge >= 0.3 is 12.1 Å². The standard InChI is InChI=1S/C25H26N4O5/c1-25(2,3)34-24(32)29-19-8-6-5-7-18(19)15-28-22(30)16-9-11-26-20(13-16)21-14-17(10-12-27-21)23(31)33-4/h5-14H,15H2,1-4H3,(H,28,30)(H,29,32). The van der Waals surface area contributed by atoms with Gasteiger partial charge in [-0.05, 0) is 56.7 Å². The van der Waals surface area contributed by atoms with E-state index in [0.29, 0.717) is 33.8 Å². The van der Waals surface area contributed by atoms with Crippen LogP contribution in [0.15, 0.2) is 60.9 Å². The minimum atomic E-state index is -0.627. The molecule has 176 valence electrons. The maximum absolute atomic E-state index is 12.8. The molecule has 34 heavy (non-hydrogen) atoms. The second-order valence-corrected chi connectivity index (χ2v) is 8.32. The molecule has 9 heteroatoms.